The van der Waals surface area contributed by atoms with Crippen molar-refractivity contribution in [2.45, 2.75) is 70.9 Å². The third kappa shape index (κ3) is 12.7. The second-order valence-electron chi connectivity index (χ2n) is 12.2. The first-order valence-electron chi connectivity index (χ1n) is 15.4. The second kappa shape index (κ2) is 19.6. The highest BCUT2D eigenvalue weighted by Gasteiger charge is 2.32. The maximum Gasteiger partial charge on any atom is 0.234 e. The number of H-pyrrole nitrogens is 1. The Morgan fingerprint density at radius 3 is 2.24 bits per heavy atom. The number of rotatable bonds is 6. The minimum absolute atomic E-state index is 0.0202. The van der Waals surface area contributed by atoms with E-state index in [4.69, 9.17) is 17.3 Å². The van der Waals surface area contributed by atoms with Crippen LogP contribution in [0.1, 0.15) is 74.3 Å². The first-order chi connectivity index (χ1) is 21.9. The molecular weight excluding hydrogens is 630 g/mol. The Hall–Kier alpha value is -2.99. The lowest BCUT2D eigenvalue weighted by atomic mass is 9.86. The van der Waals surface area contributed by atoms with Gasteiger partial charge in [0, 0.05) is 60.6 Å². The highest BCUT2D eigenvalue weighted by atomic mass is 35.5. The summed E-state index contributed by atoms with van der Waals surface area (Å²) in [4.78, 5) is 32.9. The highest BCUT2D eigenvalue weighted by molar-refractivity contribution is 7.79. The van der Waals surface area contributed by atoms with Gasteiger partial charge in [-0.2, -0.15) is 12.6 Å². The number of benzene rings is 2. The molecule has 3 heterocycles. The zero-order chi connectivity index (χ0) is 34.3. The molecule has 0 spiro atoms. The van der Waals surface area contributed by atoms with Crippen LogP contribution in [0.5, 0.6) is 0 Å². The van der Waals surface area contributed by atoms with Crippen molar-refractivity contribution < 1.29 is 18.4 Å². The third-order valence-electron chi connectivity index (χ3n) is 8.06. The number of imidazole rings is 1. The Labute approximate surface area is 282 Å². The summed E-state index contributed by atoms with van der Waals surface area (Å²) in [6.45, 7) is 12.2. The Balaban J connectivity index is 0.000000262. The van der Waals surface area contributed by atoms with Gasteiger partial charge in [-0.15, -0.1) is 0 Å². The lowest BCUT2D eigenvalue weighted by Crippen LogP contribution is -2.39. The molecule has 2 aromatic carbocycles. The van der Waals surface area contributed by atoms with Crippen LogP contribution in [-0.4, -0.2) is 76.6 Å². The van der Waals surface area contributed by atoms with Crippen LogP contribution in [0.3, 0.4) is 0 Å². The molecule has 2 aliphatic heterocycles. The van der Waals surface area contributed by atoms with Gasteiger partial charge in [-0.25, -0.2) is 13.8 Å². The van der Waals surface area contributed by atoms with Gasteiger partial charge in [0.2, 0.25) is 12.3 Å². The molecule has 8 nitrogen and oxygen atoms in total. The number of amides is 2. The Kier molecular flexibility index (Phi) is 16.7. The fourth-order valence-electron chi connectivity index (χ4n) is 5.49. The standard InChI is InChI=1S/C15H20ClN3O2.C14H19F2N.C4H6N2.CH4S/c16-13-1-2-14(11-3-5-19(10-20)6-4-11)12(7-13)9-18-15(21)8-17;1-14(2,3)17-7-6-10(9-17)12-5-4-11(15)8-13(12)16;1-4-2-5-3-6-4;1-2/h1-2,7,10-11H,3-6,8-9,17H2,(H,18,21);4-5,8,10H,6-7,9H2,1-3H3;2-3H,1H3,(H,5,6);2H,1H3/t;10-;;/m.0../s1. The van der Waals surface area contributed by atoms with Crippen molar-refractivity contribution in [3.63, 3.8) is 0 Å². The summed E-state index contributed by atoms with van der Waals surface area (Å²) in [6.07, 6.45) is 8.84. The van der Waals surface area contributed by atoms with E-state index in [0.29, 0.717) is 23.0 Å². The van der Waals surface area contributed by atoms with E-state index >= 15 is 0 Å². The summed E-state index contributed by atoms with van der Waals surface area (Å²) in [5, 5.41) is 3.44. The average Bonchev–Trinajstić information content (AvgIpc) is 3.74. The molecule has 0 bridgehead atoms. The number of aryl methyl sites for hydroxylation is 1. The molecule has 46 heavy (non-hydrogen) atoms. The number of nitrogens with zero attached hydrogens (tertiary/aromatic N) is 3. The summed E-state index contributed by atoms with van der Waals surface area (Å²) < 4.78 is 26.5. The SMILES string of the molecule is CC(C)(C)N1CC[C@H](c2ccc(F)cc2F)C1.CS.Cc1cnc[nH]1.NCC(=O)NCc1cc(Cl)ccc1C1CCN(C=O)CC1. The lowest BCUT2D eigenvalue weighted by Gasteiger charge is -2.31. The van der Waals surface area contributed by atoms with Crippen molar-refractivity contribution in [2.75, 3.05) is 39.0 Å². The number of halogens is 3. The molecule has 0 saturated carbocycles. The number of carbonyl (C=O) groups is 2. The first-order valence-corrected chi connectivity index (χ1v) is 16.7. The molecule has 0 unspecified atom stereocenters. The number of nitrogens with one attached hydrogen (secondary N) is 2. The number of piperidine rings is 1. The number of aromatic amines is 1. The molecular formula is C34H49ClF2N6O2S. The van der Waals surface area contributed by atoms with E-state index in [1.54, 1.807) is 29.7 Å². The van der Waals surface area contributed by atoms with Crippen molar-refractivity contribution >= 4 is 36.5 Å². The van der Waals surface area contributed by atoms with Crippen LogP contribution in [0.15, 0.2) is 48.9 Å². The minimum Gasteiger partial charge on any atom is -0.351 e. The number of thiol groups is 1. The summed E-state index contributed by atoms with van der Waals surface area (Å²) in [5.41, 5.74) is 9.39. The van der Waals surface area contributed by atoms with Gasteiger partial charge in [-0.1, -0.05) is 23.7 Å². The number of hydrogen-bond donors (Lipinski definition) is 4. The van der Waals surface area contributed by atoms with E-state index in [9.17, 15) is 18.4 Å². The number of hydrogen-bond acceptors (Lipinski definition) is 6. The maximum absolute atomic E-state index is 13.7. The normalized spacial score (nSPS) is 16.7. The molecule has 2 fully saturated rings. The van der Waals surface area contributed by atoms with Gasteiger partial charge in [0.05, 0.1) is 12.9 Å². The second-order valence-corrected chi connectivity index (χ2v) is 12.7. The predicted molar refractivity (Wildman–Crippen MR) is 185 cm³/mol. The van der Waals surface area contributed by atoms with Crippen LogP contribution in [0.2, 0.25) is 5.02 Å². The van der Waals surface area contributed by atoms with Crippen LogP contribution < -0.4 is 11.1 Å². The van der Waals surface area contributed by atoms with Crippen LogP contribution >= 0.6 is 24.2 Å². The van der Waals surface area contributed by atoms with Crippen molar-refractivity contribution in [3.05, 3.63) is 88.0 Å². The fourth-order valence-corrected chi connectivity index (χ4v) is 5.68. The van der Waals surface area contributed by atoms with Crippen LogP contribution in [0, 0.1) is 18.6 Å². The van der Waals surface area contributed by atoms with E-state index < -0.39 is 11.6 Å². The van der Waals surface area contributed by atoms with Gasteiger partial charge in [0.15, 0.2) is 0 Å². The molecule has 2 aliphatic rings. The predicted octanol–water partition coefficient (Wildman–Crippen LogP) is 6.07. The van der Waals surface area contributed by atoms with Crippen LogP contribution in [0.4, 0.5) is 8.78 Å². The largest absolute Gasteiger partial charge is 0.351 e. The van der Waals surface area contributed by atoms with E-state index in [1.165, 1.54) is 11.6 Å². The van der Waals surface area contributed by atoms with Gasteiger partial charge >= 0.3 is 0 Å². The van der Waals surface area contributed by atoms with Gasteiger partial charge in [-0.05, 0) is 101 Å². The first kappa shape index (κ1) is 39.2. The molecule has 0 aliphatic carbocycles. The monoisotopic (exact) mass is 678 g/mol. The molecule has 1 atom stereocenters. The van der Waals surface area contributed by atoms with Gasteiger partial charge in [0.1, 0.15) is 11.6 Å². The smallest absolute Gasteiger partial charge is 0.234 e. The zero-order valence-corrected chi connectivity index (χ0v) is 29.2. The molecule has 0 radical (unpaired) electrons. The molecule has 12 heteroatoms. The Morgan fingerprint density at radius 2 is 1.74 bits per heavy atom. The molecule has 4 N–H and O–H groups in total. The van der Waals surface area contributed by atoms with Crippen molar-refractivity contribution in [1.82, 2.24) is 25.1 Å². The van der Waals surface area contributed by atoms with Gasteiger partial charge in [0.25, 0.3) is 0 Å². The number of likely N-dealkylation sites (tertiary alicyclic amines) is 2. The quantitative estimate of drug-likeness (QED) is 0.187. The third-order valence-corrected chi connectivity index (χ3v) is 8.29. The summed E-state index contributed by atoms with van der Waals surface area (Å²) >= 11 is 9.59. The number of nitrogens with two attached hydrogens (primary N) is 1. The van der Waals surface area contributed by atoms with Crippen molar-refractivity contribution in [1.29, 1.82) is 0 Å². The Bertz CT molecular complexity index is 1350. The molecule has 2 amide bonds. The summed E-state index contributed by atoms with van der Waals surface area (Å²) in [7, 11) is 0. The molecule has 1 aromatic heterocycles. The summed E-state index contributed by atoms with van der Waals surface area (Å²) in [5.74, 6) is -0.516. The maximum atomic E-state index is 13.7. The lowest BCUT2D eigenvalue weighted by molar-refractivity contribution is -0.120. The zero-order valence-electron chi connectivity index (χ0n) is 27.5. The molecule has 3 aromatic rings. The van der Waals surface area contributed by atoms with E-state index in [2.05, 4.69) is 53.6 Å². The fraction of sp³-hybridized carbons (Fsp3) is 0.500. The van der Waals surface area contributed by atoms with Crippen molar-refractivity contribution in [2.24, 2.45) is 5.73 Å². The van der Waals surface area contributed by atoms with E-state index in [0.717, 1.165) is 69.2 Å². The number of aromatic nitrogens is 2. The molecule has 5 rings (SSSR count). The van der Waals surface area contributed by atoms with E-state index in [1.807, 2.05) is 25.1 Å². The van der Waals surface area contributed by atoms with E-state index in [-0.39, 0.29) is 23.9 Å². The average molecular weight is 679 g/mol. The van der Waals surface area contributed by atoms with Crippen LogP contribution in [-0.2, 0) is 16.1 Å². The van der Waals surface area contributed by atoms with Gasteiger partial charge < -0.3 is 20.9 Å². The number of carbonyl (C=O) groups excluding carboxylic acids is 2. The minimum atomic E-state index is -0.503. The Morgan fingerprint density at radius 1 is 1.09 bits per heavy atom. The van der Waals surface area contributed by atoms with Crippen LogP contribution in [0.25, 0.3) is 0 Å². The topological polar surface area (TPSA) is 107 Å². The highest BCUT2D eigenvalue weighted by Crippen LogP contribution is 2.33. The van der Waals surface area contributed by atoms with Crippen molar-refractivity contribution in [3.8, 4) is 0 Å². The summed E-state index contributed by atoms with van der Waals surface area (Å²) in [6, 6.07) is 9.69. The molecule has 254 valence electrons. The molecule has 2 saturated heterocycles. The van der Waals surface area contributed by atoms with Gasteiger partial charge in [-0.3, -0.25) is 14.5 Å².